The van der Waals surface area contributed by atoms with Gasteiger partial charge in [-0.2, -0.15) is 0 Å². The zero-order chi connectivity index (χ0) is 8.97. The molecule has 0 aliphatic heterocycles. The summed E-state index contributed by atoms with van der Waals surface area (Å²) in [6.45, 7) is 0.386. The van der Waals surface area contributed by atoms with E-state index in [1.807, 2.05) is 0 Å². The maximum Gasteiger partial charge on any atom is 0.138 e. The van der Waals surface area contributed by atoms with Gasteiger partial charge in [-0.15, -0.1) is 0 Å². The van der Waals surface area contributed by atoms with Gasteiger partial charge in [0, 0.05) is 18.9 Å². The summed E-state index contributed by atoms with van der Waals surface area (Å²) < 4.78 is 4.86. The van der Waals surface area contributed by atoms with E-state index in [1.165, 1.54) is 6.20 Å². The maximum atomic E-state index is 9.31. The molecule has 0 aromatic carbocycles. The summed E-state index contributed by atoms with van der Waals surface area (Å²) >= 11 is 0. The molecule has 4 nitrogen and oxygen atoms in total. The molecule has 0 aliphatic rings. The van der Waals surface area contributed by atoms with Crippen molar-refractivity contribution in [2.45, 2.75) is 6.04 Å². The molecule has 0 spiro atoms. The normalized spacial score (nSPS) is 12.8. The molecule has 1 heterocycles. The molecule has 4 heteroatoms. The molecule has 0 fully saturated rings. The van der Waals surface area contributed by atoms with Crippen LogP contribution in [0.25, 0.3) is 0 Å². The third kappa shape index (κ3) is 1.93. The number of aromatic hydroxyl groups is 1. The van der Waals surface area contributed by atoms with Crippen LogP contribution in [0, 0.1) is 0 Å². The first kappa shape index (κ1) is 8.96. The molecule has 0 aliphatic carbocycles. The number of pyridine rings is 1. The topological polar surface area (TPSA) is 68.4 Å². The fraction of sp³-hybridized carbons (Fsp3) is 0.375. The minimum Gasteiger partial charge on any atom is -0.506 e. The molecule has 0 unspecified atom stereocenters. The number of nitrogens with zero attached hydrogens (tertiary/aromatic N) is 1. The lowest BCUT2D eigenvalue weighted by molar-refractivity contribution is 0.179. The summed E-state index contributed by atoms with van der Waals surface area (Å²) in [6.07, 6.45) is 2.95. The highest BCUT2D eigenvalue weighted by molar-refractivity contribution is 5.30. The Morgan fingerprint density at radius 3 is 3.08 bits per heavy atom. The molecule has 0 radical (unpaired) electrons. The van der Waals surface area contributed by atoms with Crippen LogP contribution in [0.4, 0.5) is 0 Å². The van der Waals surface area contributed by atoms with E-state index < -0.39 is 0 Å². The fourth-order valence-corrected chi connectivity index (χ4v) is 0.980. The zero-order valence-corrected chi connectivity index (χ0v) is 6.90. The van der Waals surface area contributed by atoms with Crippen LogP contribution < -0.4 is 5.73 Å². The van der Waals surface area contributed by atoms with Gasteiger partial charge in [-0.3, -0.25) is 4.98 Å². The minimum absolute atomic E-state index is 0.113. The molecule has 3 N–H and O–H groups in total. The second-order valence-electron chi connectivity index (χ2n) is 2.50. The van der Waals surface area contributed by atoms with E-state index in [-0.39, 0.29) is 11.8 Å². The Kier molecular flexibility index (Phi) is 3.01. The summed E-state index contributed by atoms with van der Waals surface area (Å²) in [5.41, 5.74) is 6.35. The molecule has 0 bridgehead atoms. The van der Waals surface area contributed by atoms with Crippen molar-refractivity contribution in [3.05, 3.63) is 24.0 Å². The molecule has 1 aromatic heterocycles. The molecule has 12 heavy (non-hydrogen) atoms. The lowest BCUT2D eigenvalue weighted by atomic mass is 10.1. The monoisotopic (exact) mass is 168 g/mol. The van der Waals surface area contributed by atoms with Gasteiger partial charge in [0.15, 0.2) is 0 Å². The van der Waals surface area contributed by atoms with Gasteiger partial charge < -0.3 is 15.6 Å². The van der Waals surface area contributed by atoms with Crippen LogP contribution >= 0.6 is 0 Å². The largest absolute Gasteiger partial charge is 0.506 e. The first-order valence-corrected chi connectivity index (χ1v) is 3.63. The molecular weight excluding hydrogens is 156 g/mol. The number of rotatable bonds is 3. The Morgan fingerprint density at radius 1 is 1.75 bits per heavy atom. The van der Waals surface area contributed by atoms with Crippen molar-refractivity contribution in [2.75, 3.05) is 13.7 Å². The summed E-state index contributed by atoms with van der Waals surface area (Å²) in [6, 6.07) is 1.39. The van der Waals surface area contributed by atoms with Crippen molar-refractivity contribution >= 4 is 0 Å². The predicted octanol–water partition coefficient (Wildman–Crippen LogP) is 0.433. The average molecular weight is 168 g/mol. The standard InChI is InChI=1S/C8H12N2O2/c1-12-5-7(9)6-2-3-10-4-8(6)11/h2-4,7,11H,5,9H2,1H3/t7-/m1/s1. The molecule has 0 saturated heterocycles. The fourth-order valence-electron chi connectivity index (χ4n) is 0.980. The number of hydrogen-bond donors (Lipinski definition) is 2. The van der Waals surface area contributed by atoms with Crippen molar-refractivity contribution < 1.29 is 9.84 Å². The van der Waals surface area contributed by atoms with Crippen molar-refractivity contribution in [3.8, 4) is 5.75 Å². The van der Waals surface area contributed by atoms with E-state index in [0.29, 0.717) is 12.2 Å². The summed E-state index contributed by atoms with van der Waals surface area (Å²) in [5, 5.41) is 9.31. The highest BCUT2D eigenvalue weighted by atomic mass is 16.5. The van der Waals surface area contributed by atoms with Gasteiger partial charge in [0.1, 0.15) is 5.75 Å². The summed E-state index contributed by atoms with van der Waals surface area (Å²) in [4.78, 5) is 3.74. The van der Waals surface area contributed by atoms with Crippen molar-refractivity contribution in [1.29, 1.82) is 0 Å². The highest BCUT2D eigenvalue weighted by Crippen LogP contribution is 2.20. The second-order valence-corrected chi connectivity index (χ2v) is 2.50. The van der Waals surface area contributed by atoms with E-state index in [0.717, 1.165) is 0 Å². The highest BCUT2D eigenvalue weighted by Gasteiger charge is 2.09. The smallest absolute Gasteiger partial charge is 0.138 e. The molecule has 1 rings (SSSR count). The first-order chi connectivity index (χ1) is 5.75. The predicted molar refractivity (Wildman–Crippen MR) is 44.7 cm³/mol. The third-order valence-corrected chi connectivity index (χ3v) is 1.58. The molecule has 0 saturated carbocycles. The lowest BCUT2D eigenvalue weighted by Gasteiger charge is -2.11. The lowest BCUT2D eigenvalue weighted by Crippen LogP contribution is -2.16. The number of ether oxygens (including phenoxy) is 1. The van der Waals surface area contributed by atoms with E-state index >= 15 is 0 Å². The Labute approximate surface area is 71.0 Å². The number of aromatic nitrogens is 1. The number of methoxy groups -OCH3 is 1. The van der Waals surface area contributed by atoms with Gasteiger partial charge in [0.05, 0.1) is 18.8 Å². The van der Waals surface area contributed by atoms with Crippen molar-refractivity contribution in [1.82, 2.24) is 4.98 Å². The van der Waals surface area contributed by atoms with Gasteiger partial charge >= 0.3 is 0 Å². The van der Waals surface area contributed by atoms with Crippen LogP contribution in [-0.4, -0.2) is 23.8 Å². The Bertz CT molecular complexity index is 253. The van der Waals surface area contributed by atoms with Gasteiger partial charge in [0.25, 0.3) is 0 Å². The SMILES string of the molecule is COC[C@@H](N)c1ccncc1O. The molecule has 0 amide bonds. The quantitative estimate of drug-likeness (QED) is 0.686. The third-order valence-electron chi connectivity index (χ3n) is 1.58. The maximum absolute atomic E-state index is 9.31. The van der Waals surface area contributed by atoms with Crippen molar-refractivity contribution in [3.63, 3.8) is 0 Å². The number of hydrogen-bond acceptors (Lipinski definition) is 4. The van der Waals surface area contributed by atoms with Crippen LogP contribution in [0.1, 0.15) is 11.6 Å². The Hall–Kier alpha value is -1.13. The van der Waals surface area contributed by atoms with E-state index in [1.54, 1.807) is 19.4 Å². The first-order valence-electron chi connectivity index (χ1n) is 3.63. The molecule has 1 aromatic rings. The minimum atomic E-state index is -0.294. The summed E-state index contributed by atoms with van der Waals surface area (Å²) in [7, 11) is 1.57. The molecule has 66 valence electrons. The van der Waals surface area contributed by atoms with E-state index in [9.17, 15) is 5.11 Å². The van der Waals surface area contributed by atoms with Crippen LogP contribution in [0.5, 0.6) is 5.75 Å². The molecular formula is C8H12N2O2. The number of nitrogens with two attached hydrogens (primary N) is 1. The van der Waals surface area contributed by atoms with Crippen LogP contribution in [0.3, 0.4) is 0 Å². The Morgan fingerprint density at radius 2 is 2.50 bits per heavy atom. The van der Waals surface area contributed by atoms with Gasteiger partial charge in [-0.1, -0.05) is 0 Å². The van der Waals surface area contributed by atoms with E-state index in [4.69, 9.17) is 10.5 Å². The van der Waals surface area contributed by atoms with Gasteiger partial charge in [0.2, 0.25) is 0 Å². The van der Waals surface area contributed by atoms with Crippen LogP contribution in [-0.2, 0) is 4.74 Å². The average Bonchev–Trinajstić information content (AvgIpc) is 2.05. The van der Waals surface area contributed by atoms with Crippen LogP contribution in [0.15, 0.2) is 18.5 Å². The van der Waals surface area contributed by atoms with Crippen LogP contribution in [0.2, 0.25) is 0 Å². The van der Waals surface area contributed by atoms with Gasteiger partial charge in [-0.25, -0.2) is 0 Å². The van der Waals surface area contributed by atoms with E-state index in [2.05, 4.69) is 4.98 Å². The Balaban J connectivity index is 2.79. The van der Waals surface area contributed by atoms with Crippen molar-refractivity contribution in [2.24, 2.45) is 5.73 Å². The second kappa shape index (κ2) is 4.04. The molecule has 1 atom stereocenters. The van der Waals surface area contributed by atoms with Gasteiger partial charge in [-0.05, 0) is 6.07 Å². The zero-order valence-electron chi connectivity index (χ0n) is 6.90. The summed E-state index contributed by atoms with van der Waals surface area (Å²) in [5.74, 6) is 0.113.